The summed E-state index contributed by atoms with van der Waals surface area (Å²) >= 11 is 7.85. The van der Waals surface area contributed by atoms with Crippen LogP contribution in [-0.4, -0.2) is 47.1 Å². The molecular weight excluding hydrogens is 360 g/mol. The van der Waals surface area contributed by atoms with E-state index in [1.165, 1.54) is 0 Å². The molecule has 0 radical (unpaired) electrons. The SMILES string of the molecule is Cc1cc(C(=O)N2CCN(c3nc4c(C)c(Cl)ccc4s3)CC2)no1. The fraction of sp³-hybridized carbons (Fsp3) is 0.353. The van der Waals surface area contributed by atoms with Crippen LogP contribution in [0.4, 0.5) is 5.13 Å². The van der Waals surface area contributed by atoms with E-state index in [1.807, 2.05) is 24.0 Å². The van der Waals surface area contributed by atoms with Gasteiger partial charge < -0.3 is 14.3 Å². The fourth-order valence-corrected chi connectivity index (χ4v) is 4.18. The molecular formula is C17H17ClN4O2S. The van der Waals surface area contributed by atoms with Gasteiger partial charge in [-0.15, -0.1) is 0 Å². The number of hydrogen-bond donors (Lipinski definition) is 0. The van der Waals surface area contributed by atoms with Gasteiger partial charge in [0.15, 0.2) is 10.8 Å². The summed E-state index contributed by atoms with van der Waals surface area (Å²) in [6.07, 6.45) is 0. The van der Waals surface area contributed by atoms with E-state index in [0.717, 1.165) is 39.0 Å². The van der Waals surface area contributed by atoms with Crippen LogP contribution in [-0.2, 0) is 0 Å². The van der Waals surface area contributed by atoms with E-state index >= 15 is 0 Å². The Bertz CT molecular complexity index is 943. The molecule has 1 aromatic carbocycles. The molecule has 0 N–H and O–H groups in total. The number of piperazine rings is 1. The summed E-state index contributed by atoms with van der Waals surface area (Å²) in [4.78, 5) is 21.2. The molecule has 25 heavy (non-hydrogen) atoms. The Morgan fingerprint density at radius 1 is 1.24 bits per heavy atom. The molecule has 4 rings (SSSR count). The van der Waals surface area contributed by atoms with E-state index in [-0.39, 0.29) is 5.91 Å². The minimum absolute atomic E-state index is 0.0802. The summed E-state index contributed by atoms with van der Waals surface area (Å²) < 4.78 is 6.13. The van der Waals surface area contributed by atoms with Crippen molar-refractivity contribution in [2.45, 2.75) is 13.8 Å². The zero-order valence-electron chi connectivity index (χ0n) is 14.0. The Kier molecular flexibility index (Phi) is 4.13. The number of thiazole rings is 1. The van der Waals surface area contributed by atoms with Gasteiger partial charge in [0.1, 0.15) is 5.76 Å². The van der Waals surface area contributed by atoms with Gasteiger partial charge in [-0.1, -0.05) is 28.1 Å². The molecule has 1 saturated heterocycles. The summed E-state index contributed by atoms with van der Waals surface area (Å²) in [6, 6.07) is 5.60. The number of nitrogens with zero attached hydrogens (tertiary/aromatic N) is 4. The normalized spacial score (nSPS) is 15.2. The van der Waals surface area contributed by atoms with Crippen LogP contribution in [0.1, 0.15) is 21.8 Å². The highest BCUT2D eigenvalue weighted by Crippen LogP contribution is 2.33. The summed E-state index contributed by atoms with van der Waals surface area (Å²) in [5.41, 5.74) is 2.34. The number of fused-ring (bicyclic) bond motifs is 1. The first kappa shape index (κ1) is 16.4. The summed E-state index contributed by atoms with van der Waals surface area (Å²) in [5.74, 6) is 0.564. The number of rotatable bonds is 2. The lowest BCUT2D eigenvalue weighted by atomic mass is 10.2. The Balaban J connectivity index is 1.48. The number of benzene rings is 1. The van der Waals surface area contributed by atoms with Crippen LogP contribution in [0.25, 0.3) is 10.2 Å². The standard InChI is InChI=1S/C17H17ClN4O2S/c1-10-9-13(20-24-10)16(23)21-5-7-22(8-6-21)17-19-15-11(2)12(18)3-4-14(15)25-17/h3-4,9H,5-8H2,1-2H3. The van der Waals surface area contributed by atoms with Crippen molar-refractivity contribution < 1.29 is 9.32 Å². The molecule has 0 unspecified atom stereocenters. The molecule has 8 heteroatoms. The molecule has 6 nitrogen and oxygen atoms in total. The second-order valence-electron chi connectivity index (χ2n) is 6.12. The van der Waals surface area contributed by atoms with Crippen molar-refractivity contribution in [3.05, 3.63) is 40.2 Å². The van der Waals surface area contributed by atoms with Crippen LogP contribution in [0.2, 0.25) is 5.02 Å². The van der Waals surface area contributed by atoms with E-state index in [0.29, 0.717) is 24.5 Å². The van der Waals surface area contributed by atoms with Crippen molar-refractivity contribution in [3.63, 3.8) is 0 Å². The quantitative estimate of drug-likeness (QED) is 0.684. The van der Waals surface area contributed by atoms with Gasteiger partial charge in [-0.25, -0.2) is 4.98 Å². The zero-order valence-corrected chi connectivity index (χ0v) is 15.5. The number of amides is 1. The van der Waals surface area contributed by atoms with Gasteiger partial charge in [0, 0.05) is 37.3 Å². The minimum atomic E-state index is -0.0802. The van der Waals surface area contributed by atoms with Crippen molar-refractivity contribution in [1.29, 1.82) is 0 Å². The van der Waals surface area contributed by atoms with Gasteiger partial charge in [-0.05, 0) is 31.5 Å². The summed E-state index contributed by atoms with van der Waals surface area (Å²) in [5, 5.41) is 5.53. The molecule has 0 saturated carbocycles. The van der Waals surface area contributed by atoms with Crippen LogP contribution >= 0.6 is 22.9 Å². The van der Waals surface area contributed by atoms with Crippen LogP contribution in [0.3, 0.4) is 0 Å². The minimum Gasteiger partial charge on any atom is -0.361 e. The van der Waals surface area contributed by atoms with E-state index in [9.17, 15) is 4.79 Å². The number of halogens is 1. The number of carbonyl (C=O) groups is 1. The average molecular weight is 377 g/mol. The summed E-state index contributed by atoms with van der Waals surface area (Å²) in [6.45, 7) is 6.54. The summed E-state index contributed by atoms with van der Waals surface area (Å²) in [7, 11) is 0. The van der Waals surface area contributed by atoms with Crippen LogP contribution in [0.5, 0.6) is 0 Å². The molecule has 0 atom stereocenters. The first-order valence-corrected chi connectivity index (χ1v) is 9.25. The Morgan fingerprint density at radius 3 is 2.68 bits per heavy atom. The second kappa shape index (κ2) is 6.31. The predicted octanol–water partition coefficient (Wildman–Crippen LogP) is 3.52. The highest BCUT2D eigenvalue weighted by molar-refractivity contribution is 7.22. The van der Waals surface area contributed by atoms with E-state index in [2.05, 4.69) is 10.1 Å². The van der Waals surface area contributed by atoms with Gasteiger partial charge in [0.25, 0.3) is 5.91 Å². The number of aryl methyl sites for hydroxylation is 2. The molecule has 1 aliphatic rings. The molecule has 1 amide bonds. The van der Waals surface area contributed by atoms with Crippen LogP contribution in [0.15, 0.2) is 22.7 Å². The lowest BCUT2D eigenvalue weighted by molar-refractivity contribution is 0.0736. The molecule has 130 valence electrons. The Morgan fingerprint density at radius 2 is 2.00 bits per heavy atom. The first-order valence-electron chi connectivity index (χ1n) is 8.06. The van der Waals surface area contributed by atoms with Gasteiger partial charge >= 0.3 is 0 Å². The van der Waals surface area contributed by atoms with Gasteiger partial charge in [0.2, 0.25) is 0 Å². The third kappa shape index (κ3) is 2.98. The molecule has 0 spiro atoms. The maximum atomic E-state index is 12.4. The molecule has 3 aromatic rings. The number of anilines is 1. The fourth-order valence-electron chi connectivity index (χ4n) is 2.95. The van der Waals surface area contributed by atoms with Crippen LogP contribution in [0, 0.1) is 13.8 Å². The van der Waals surface area contributed by atoms with E-state index in [4.69, 9.17) is 21.1 Å². The lowest BCUT2D eigenvalue weighted by Gasteiger charge is -2.34. The Hall–Kier alpha value is -2.12. The number of hydrogen-bond acceptors (Lipinski definition) is 6. The number of carbonyl (C=O) groups excluding carboxylic acids is 1. The van der Waals surface area contributed by atoms with Crippen molar-refractivity contribution in [2.75, 3.05) is 31.1 Å². The van der Waals surface area contributed by atoms with Gasteiger partial charge in [-0.3, -0.25) is 4.79 Å². The maximum absolute atomic E-state index is 12.4. The zero-order chi connectivity index (χ0) is 17.6. The second-order valence-corrected chi connectivity index (χ2v) is 7.53. The highest BCUT2D eigenvalue weighted by atomic mass is 35.5. The lowest BCUT2D eigenvalue weighted by Crippen LogP contribution is -2.48. The van der Waals surface area contributed by atoms with Crippen molar-refractivity contribution in [2.24, 2.45) is 0 Å². The van der Waals surface area contributed by atoms with Crippen molar-refractivity contribution in [1.82, 2.24) is 15.0 Å². The van der Waals surface area contributed by atoms with Gasteiger partial charge in [-0.2, -0.15) is 0 Å². The topological polar surface area (TPSA) is 62.5 Å². The molecule has 2 aromatic heterocycles. The molecule has 3 heterocycles. The largest absolute Gasteiger partial charge is 0.361 e. The molecule has 0 aliphatic carbocycles. The molecule has 1 fully saturated rings. The smallest absolute Gasteiger partial charge is 0.276 e. The Labute approximate surface area is 154 Å². The molecule has 1 aliphatic heterocycles. The van der Waals surface area contributed by atoms with Crippen molar-refractivity contribution >= 4 is 44.2 Å². The van der Waals surface area contributed by atoms with E-state index < -0.39 is 0 Å². The van der Waals surface area contributed by atoms with Gasteiger partial charge in [0.05, 0.1) is 10.2 Å². The number of aromatic nitrogens is 2. The van der Waals surface area contributed by atoms with Crippen molar-refractivity contribution in [3.8, 4) is 0 Å². The highest BCUT2D eigenvalue weighted by Gasteiger charge is 2.25. The molecule has 0 bridgehead atoms. The van der Waals surface area contributed by atoms with Crippen LogP contribution < -0.4 is 4.90 Å². The van der Waals surface area contributed by atoms with E-state index in [1.54, 1.807) is 24.3 Å². The monoisotopic (exact) mass is 376 g/mol. The average Bonchev–Trinajstić information content (AvgIpc) is 3.24. The maximum Gasteiger partial charge on any atom is 0.276 e. The third-order valence-electron chi connectivity index (χ3n) is 4.42. The third-order valence-corrected chi connectivity index (χ3v) is 5.91. The predicted molar refractivity (Wildman–Crippen MR) is 98.7 cm³/mol. The first-order chi connectivity index (χ1) is 12.0.